The molecule has 0 aliphatic carbocycles. The predicted molar refractivity (Wildman–Crippen MR) is 49.7 cm³/mol. The molecule has 0 spiro atoms. The molecule has 1 aliphatic heterocycles. The highest BCUT2D eigenvalue weighted by Gasteiger charge is 2.09. The van der Waals surface area contributed by atoms with Crippen LogP contribution >= 0.6 is 0 Å². The van der Waals surface area contributed by atoms with Gasteiger partial charge in [-0.3, -0.25) is 0 Å². The van der Waals surface area contributed by atoms with E-state index in [-0.39, 0.29) is 0 Å². The molecule has 0 bridgehead atoms. The molecular formula is C10H19N. The average Bonchev–Trinajstić information content (AvgIpc) is 2.52. The summed E-state index contributed by atoms with van der Waals surface area (Å²) in [5.41, 5.74) is 1.52. The third-order valence-electron chi connectivity index (χ3n) is 2.51. The van der Waals surface area contributed by atoms with Crippen LogP contribution in [0.3, 0.4) is 0 Å². The van der Waals surface area contributed by atoms with Crippen molar-refractivity contribution in [1.82, 2.24) is 4.90 Å². The summed E-state index contributed by atoms with van der Waals surface area (Å²) in [7, 11) is 0. The largest absolute Gasteiger partial charge is 0.303 e. The molecule has 1 heteroatoms. The molecule has 1 rings (SSSR count). The van der Waals surface area contributed by atoms with Gasteiger partial charge >= 0.3 is 0 Å². The van der Waals surface area contributed by atoms with Gasteiger partial charge in [0.25, 0.3) is 0 Å². The fourth-order valence-electron chi connectivity index (χ4n) is 1.49. The Morgan fingerprint density at radius 1 is 1.36 bits per heavy atom. The van der Waals surface area contributed by atoms with Gasteiger partial charge in [-0.2, -0.15) is 0 Å². The quantitative estimate of drug-likeness (QED) is 0.563. The molecular weight excluding hydrogens is 134 g/mol. The van der Waals surface area contributed by atoms with Crippen LogP contribution in [0.1, 0.15) is 33.1 Å². The first-order valence-corrected chi connectivity index (χ1v) is 4.67. The second-order valence-corrected chi connectivity index (χ2v) is 3.43. The van der Waals surface area contributed by atoms with Crippen molar-refractivity contribution in [3.8, 4) is 0 Å². The lowest BCUT2D eigenvalue weighted by molar-refractivity contribution is 0.343. The van der Waals surface area contributed by atoms with Crippen molar-refractivity contribution >= 4 is 0 Å². The lowest BCUT2D eigenvalue weighted by atomic mass is 10.2. The third kappa shape index (κ3) is 3.06. The van der Waals surface area contributed by atoms with Crippen molar-refractivity contribution in [1.29, 1.82) is 0 Å². The van der Waals surface area contributed by atoms with Gasteiger partial charge in [0.1, 0.15) is 0 Å². The van der Waals surface area contributed by atoms with Crippen molar-refractivity contribution in [2.24, 2.45) is 0 Å². The monoisotopic (exact) mass is 153 g/mol. The van der Waals surface area contributed by atoms with Crippen LogP contribution in [0.5, 0.6) is 0 Å². The molecule has 0 radical (unpaired) electrons. The van der Waals surface area contributed by atoms with E-state index in [1.54, 1.807) is 0 Å². The molecule has 0 aromatic rings. The van der Waals surface area contributed by atoms with Gasteiger partial charge in [-0.05, 0) is 46.2 Å². The van der Waals surface area contributed by atoms with Gasteiger partial charge in [0.15, 0.2) is 0 Å². The van der Waals surface area contributed by atoms with E-state index < -0.39 is 0 Å². The lowest BCUT2D eigenvalue weighted by Crippen LogP contribution is -2.20. The Balaban J connectivity index is 2.11. The standard InChI is InChI=1S/C10H19N/c1-3-10(2)6-9-11-7-4-5-8-11/h3H,4-9H2,1-2H3. The van der Waals surface area contributed by atoms with Gasteiger partial charge in [0.05, 0.1) is 0 Å². The Hall–Kier alpha value is -0.300. The first kappa shape index (κ1) is 8.79. The van der Waals surface area contributed by atoms with Crippen molar-refractivity contribution in [3.05, 3.63) is 11.6 Å². The van der Waals surface area contributed by atoms with Crippen LogP contribution in [0.15, 0.2) is 11.6 Å². The van der Waals surface area contributed by atoms with Crippen molar-refractivity contribution < 1.29 is 0 Å². The Morgan fingerprint density at radius 2 is 2.00 bits per heavy atom. The van der Waals surface area contributed by atoms with Crippen LogP contribution in [0.2, 0.25) is 0 Å². The fourth-order valence-corrected chi connectivity index (χ4v) is 1.49. The molecule has 0 aromatic heterocycles. The Kier molecular flexibility index (Phi) is 3.64. The molecule has 0 N–H and O–H groups in total. The fraction of sp³-hybridized carbons (Fsp3) is 0.800. The zero-order valence-corrected chi connectivity index (χ0v) is 7.77. The highest BCUT2D eigenvalue weighted by molar-refractivity contribution is 4.96. The molecule has 0 saturated carbocycles. The second-order valence-electron chi connectivity index (χ2n) is 3.43. The Morgan fingerprint density at radius 3 is 2.55 bits per heavy atom. The minimum Gasteiger partial charge on any atom is -0.303 e. The van der Waals surface area contributed by atoms with Crippen LogP contribution < -0.4 is 0 Å². The maximum atomic E-state index is 2.56. The number of hydrogen-bond donors (Lipinski definition) is 0. The molecule has 0 atom stereocenters. The maximum Gasteiger partial charge on any atom is 0.00185 e. The maximum absolute atomic E-state index is 2.56. The number of hydrogen-bond acceptors (Lipinski definition) is 1. The van der Waals surface area contributed by atoms with E-state index in [0.717, 1.165) is 0 Å². The van der Waals surface area contributed by atoms with E-state index in [0.29, 0.717) is 0 Å². The summed E-state index contributed by atoms with van der Waals surface area (Å²) >= 11 is 0. The summed E-state index contributed by atoms with van der Waals surface area (Å²) in [5.74, 6) is 0. The predicted octanol–water partition coefficient (Wildman–Crippen LogP) is 2.44. The van der Waals surface area contributed by atoms with Crippen molar-refractivity contribution in [2.75, 3.05) is 19.6 Å². The van der Waals surface area contributed by atoms with Gasteiger partial charge in [0.2, 0.25) is 0 Å². The van der Waals surface area contributed by atoms with E-state index in [2.05, 4.69) is 24.8 Å². The summed E-state index contributed by atoms with van der Waals surface area (Å²) in [6, 6.07) is 0. The minimum absolute atomic E-state index is 1.26. The first-order chi connectivity index (χ1) is 5.33. The van der Waals surface area contributed by atoms with Gasteiger partial charge < -0.3 is 4.90 Å². The van der Waals surface area contributed by atoms with Gasteiger partial charge in [0, 0.05) is 6.54 Å². The van der Waals surface area contributed by atoms with Crippen molar-refractivity contribution in [2.45, 2.75) is 33.1 Å². The molecule has 64 valence electrons. The number of nitrogens with zero attached hydrogens (tertiary/aromatic N) is 1. The number of rotatable bonds is 3. The van der Waals surface area contributed by atoms with E-state index in [4.69, 9.17) is 0 Å². The van der Waals surface area contributed by atoms with Crippen LogP contribution in [-0.2, 0) is 0 Å². The van der Waals surface area contributed by atoms with Crippen molar-refractivity contribution in [3.63, 3.8) is 0 Å². The molecule has 1 aliphatic rings. The van der Waals surface area contributed by atoms with E-state index in [1.807, 2.05) is 0 Å². The molecule has 0 unspecified atom stereocenters. The summed E-state index contributed by atoms with van der Waals surface area (Å²) in [6.07, 6.45) is 6.30. The molecule has 1 nitrogen and oxygen atoms in total. The molecule has 1 heterocycles. The van der Waals surface area contributed by atoms with E-state index in [9.17, 15) is 0 Å². The Labute approximate surface area is 70.1 Å². The second kappa shape index (κ2) is 4.55. The van der Waals surface area contributed by atoms with E-state index in [1.165, 1.54) is 44.5 Å². The topological polar surface area (TPSA) is 3.24 Å². The molecule has 0 aromatic carbocycles. The molecule has 1 fully saturated rings. The normalized spacial score (nSPS) is 21.1. The summed E-state index contributed by atoms with van der Waals surface area (Å²) < 4.78 is 0. The molecule has 0 amide bonds. The minimum atomic E-state index is 1.26. The summed E-state index contributed by atoms with van der Waals surface area (Å²) in [5, 5.41) is 0. The molecule has 11 heavy (non-hydrogen) atoms. The lowest BCUT2D eigenvalue weighted by Gasteiger charge is -2.13. The zero-order chi connectivity index (χ0) is 8.10. The van der Waals surface area contributed by atoms with E-state index >= 15 is 0 Å². The van der Waals surface area contributed by atoms with Gasteiger partial charge in [-0.25, -0.2) is 0 Å². The third-order valence-corrected chi connectivity index (χ3v) is 2.51. The van der Waals surface area contributed by atoms with Crippen LogP contribution in [-0.4, -0.2) is 24.5 Å². The summed E-state index contributed by atoms with van der Waals surface area (Å²) in [4.78, 5) is 2.56. The van der Waals surface area contributed by atoms with Gasteiger partial charge in [-0.1, -0.05) is 11.6 Å². The van der Waals surface area contributed by atoms with Crippen LogP contribution in [0.25, 0.3) is 0 Å². The highest BCUT2D eigenvalue weighted by Crippen LogP contribution is 2.09. The zero-order valence-electron chi connectivity index (χ0n) is 7.77. The Bertz CT molecular complexity index is 132. The smallest absolute Gasteiger partial charge is 0.00185 e. The number of likely N-dealkylation sites (tertiary alicyclic amines) is 1. The SMILES string of the molecule is CC=C(C)CCN1CCCC1. The van der Waals surface area contributed by atoms with Crippen LogP contribution in [0, 0.1) is 0 Å². The van der Waals surface area contributed by atoms with Crippen LogP contribution in [0.4, 0.5) is 0 Å². The summed E-state index contributed by atoms with van der Waals surface area (Å²) in [6.45, 7) is 8.28. The van der Waals surface area contributed by atoms with Gasteiger partial charge in [-0.15, -0.1) is 0 Å². The average molecular weight is 153 g/mol. The number of allylic oxidation sites excluding steroid dienone is 1. The highest BCUT2D eigenvalue weighted by atomic mass is 15.1. The first-order valence-electron chi connectivity index (χ1n) is 4.67. The molecule has 1 saturated heterocycles.